The Hall–Kier alpha value is -0.0800. The zero-order chi connectivity index (χ0) is 9.78. The van der Waals surface area contributed by atoms with Gasteiger partial charge in [0.1, 0.15) is 0 Å². The highest BCUT2D eigenvalue weighted by atomic mass is 16.3. The third kappa shape index (κ3) is 8.02. The van der Waals surface area contributed by atoms with Crippen molar-refractivity contribution in [1.29, 1.82) is 0 Å². The van der Waals surface area contributed by atoms with Crippen LogP contribution in [0.2, 0.25) is 0 Å². The molecule has 0 aliphatic rings. The van der Waals surface area contributed by atoms with Crippen LogP contribution >= 0.6 is 0 Å². The number of hydrogen-bond acceptors (Lipinski definition) is 2. The minimum Gasteiger partial charge on any atom is -0.392 e. The second-order valence-electron chi connectivity index (χ2n) is 4.91. The molecule has 0 heterocycles. The molecule has 1 atom stereocenters. The lowest BCUT2D eigenvalue weighted by molar-refractivity contribution is 0.137. The highest BCUT2D eigenvalue weighted by molar-refractivity contribution is 4.73. The number of β-amino-alcohol motifs (C(OH)–C–C–N with tert-alkyl or cyclic N) is 1. The van der Waals surface area contributed by atoms with Crippen molar-refractivity contribution < 1.29 is 5.11 Å². The summed E-state index contributed by atoms with van der Waals surface area (Å²) < 4.78 is 0. The van der Waals surface area contributed by atoms with Crippen LogP contribution in [0, 0.1) is 5.92 Å². The topological polar surface area (TPSA) is 32.3 Å². The van der Waals surface area contributed by atoms with Gasteiger partial charge in [-0.25, -0.2) is 0 Å². The van der Waals surface area contributed by atoms with E-state index >= 15 is 0 Å². The summed E-state index contributed by atoms with van der Waals surface area (Å²) in [7, 11) is 0. The maximum Gasteiger partial charge on any atom is 0.0667 e. The van der Waals surface area contributed by atoms with Gasteiger partial charge in [-0.1, -0.05) is 13.8 Å². The van der Waals surface area contributed by atoms with Crippen LogP contribution in [0.3, 0.4) is 0 Å². The Kier molecular flexibility index (Phi) is 4.80. The van der Waals surface area contributed by atoms with E-state index in [4.69, 9.17) is 0 Å². The Balaban J connectivity index is 3.51. The van der Waals surface area contributed by atoms with E-state index in [0.717, 1.165) is 6.42 Å². The Labute approximate surface area is 76.4 Å². The van der Waals surface area contributed by atoms with Crippen LogP contribution in [0.1, 0.15) is 41.0 Å². The largest absolute Gasteiger partial charge is 0.392 e. The first kappa shape index (κ1) is 11.9. The molecule has 0 saturated heterocycles. The standard InChI is InChI=1S/C10H23NO/c1-8(2)6-9(12)7-11-10(3,4)5/h8-9,11-12H,6-7H2,1-5H3/t9-/m0/s1. The number of rotatable bonds is 4. The number of aliphatic hydroxyl groups is 1. The van der Waals surface area contributed by atoms with Gasteiger partial charge in [-0.15, -0.1) is 0 Å². The first-order chi connectivity index (χ1) is 5.31. The Bertz CT molecular complexity index is 115. The zero-order valence-corrected chi connectivity index (χ0v) is 9.02. The van der Waals surface area contributed by atoms with Gasteiger partial charge in [0.25, 0.3) is 0 Å². The summed E-state index contributed by atoms with van der Waals surface area (Å²) in [5, 5.41) is 12.8. The van der Waals surface area contributed by atoms with Crippen molar-refractivity contribution in [2.75, 3.05) is 6.54 Å². The van der Waals surface area contributed by atoms with Crippen molar-refractivity contribution in [3.63, 3.8) is 0 Å². The molecule has 0 rings (SSSR count). The van der Waals surface area contributed by atoms with Gasteiger partial charge in [0, 0.05) is 12.1 Å². The van der Waals surface area contributed by atoms with Gasteiger partial charge in [0.05, 0.1) is 6.10 Å². The van der Waals surface area contributed by atoms with Gasteiger partial charge in [0.15, 0.2) is 0 Å². The van der Waals surface area contributed by atoms with E-state index in [2.05, 4.69) is 39.9 Å². The molecule has 2 N–H and O–H groups in total. The van der Waals surface area contributed by atoms with Gasteiger partial charge >= 0.3 is 0 Å². The van der Waals surface area contributed by atoms with Crippen molar-refractivity contribution in [2.45, 2.75) is 52.7 Å². The molecular weight excluding hydrogens is 150 g/mol. The van der Waals surface area contributed by atoms with Crippen molar-refractivity contribution in [3.8, 4) is 0 Å². The van der Waals surface area contributed by atoms with E-state index in [0.29, 0.717) is 12.5 Å². The molecule has 2 heteroatoms. The van der Waals surface area contributed by atoms with Crippen LogP contribution < -0.4 is 5.32 Å². The van der Waals surface area contributed by atoms with E-state index in [1.54, 1.807) is 0 Å². The van der Waals surface area contributed by atoms with Crippen LogP contribution in [0.25, 0.3) is 0 Å². The predicted molar refractivity (Wildman–Crippen MR) is 53.2 cm³/mol. The summed E-state index contributed by atoms with van der Waals surface area (Å²) in [6, 6.07) is 0. The smallest absolute Gasteiger partial charge is 0.0667 e. The average molecular weight is 173 g/mol. The van der Waals surface area contributed by atoms with Crippen LogP contribution in [0.4, 0.5) is 0 Å². The summed E-state index contributed by atoms with van der Waals surface area (Å²) >= 11 is 0. The SMILES string of the molecule is CC(C)C[C@H](O)CNC(C)(C)C. The molecule has 0 bridgehead atoms. The molecule has 74 valence electrons. The molecule has 0 unspecified atom stereocenters. The molecule has 0 aromatic heterocycles. The average Bonchev–Trinajstić information content (AvgIpc) is 1.80. The highest BCUT2D eigenvalue weighted by Gasteiger charge is 2.12. The molecule has 0 aliphatic carbocycles. The summed E-state index contributed by atoms with van der Waals surface area (Å²) in [5.74, 6) is 0.571. The summed E-state index contributed by atoms with van der Waals surface area (Å²) in [5.41, 5.74) is 0.109. The molecule has 0 saturated carbocycles. The van der Waals surface area contributed by atoms with Crippen molar-refractivity contribution in [1.82, 2.24) is 5.32 Å². The number of nitrogens with one attached hydrogen (secondary N) is 1. The van der Waals surface area contributed by atoms with Gasteiger partial charge in [0.2, 0.25) is 0 Å². The van der Waals surface area contributed by atoms with Crippen molar-refractivity contribution >= 4 is 0 Å². The molecule has 0 spiro atoms. The monoisotopic (exact) mass is 173 g/mol. The molecule has 2 nitrogen and oxygen atoms in total. The van der Waals surface area contributed by atoms with Crippen LogP contribution in [-0.2, 0) is 0 Å². The van der Waals surface area contributed by atoms with Crippen LogP contribution in [0.15, 0.2) is 0 Å². The number of hydrogen-bond donors (Lipinski definition) is 2. The Morgan fingerprint density at radius 2 is 1.75 bits per heavy atom. The summed E-state index contributed by atoms with van der Waals surface area (Å²) in [6.07, 6.45) is 0.674. The van der Waals surface area contributed by atoms with Crippen molar-refractivity contribution in [3.05, 3.63) is 0 Å². The van der Waals surface area contributed by atoms with E-state index in [1.807, 2.05) is 0 Å². The molecule has 12 heavy (non-hydrogen) atoms. The lowest BCUT2D eigenvalue weighted by atomic mass is 10.0. The first-order valence-electron chi connectivity index (χ1n) is 4.74. The van der Waals surface area contributed by atoms with Gasteiger partial charge in [-0.05, 0) is 33.1 Å². The zero-order valence-electron chi connectivity index (χ0n) is 9.02. The van der Waals surface area contributed by atoms with Crippen LogP contribution in [-0.4, -0.2) is 23.3 Å². The Morgan fingerprint density at radius 1 is 1.25 bits per heavy atom. The lowest BCUT2D eigenvalue weighted by Crippen LogP contribution is -2.41. The van der Waals surface area contributed by atoms with Crippen molar-refractivity contribution in [2.24, 2.45) is 5.92 Å². The third-order valence-corrected chi connectivity index (χ3v) is 1.61. The normalized spacial score (nSPS) is 15.2. The first-order valence-corrected chi connectivity index (χ1v) is 4.74. The van der Waals surface area contributed by atoms with Gasteiger partial charge in [-0.2, -0.15) is 0 Å². The maximum absolute atomic E-state index is 9.52. The lowest BCUT2D eigenvalue weighted by Gasteiger charge is -2.23. The van der Waals surface area contributed by atoms with E-state index in [1.165, 1.54) is 0 Å². The molecular formula is C10H23NO. The minimum absolute atomic E-state index is 0.109. The van der Waals surface area contributed by atoms with Gasteiger partial charge < -0.3 is 10.4 Å². The Morgan fingerprint density at radius 3 is 2.08 bits per heavy atom. The summed E-state index contributed by atoms with van der Waals surface area (Å²) in [4.78, 5) is 0. The van der Waals surface area contributed by atoms with Gasteiger partial charge in [-0.3, -0.25) is 0 Å². The molecule has 0 fully saturated rings. The predicted octanol–water partition coefficient (Wildman–Crippen LogP) is 1.78. The molecule has 0 aliphatic heterocycles. The fourth-order valence-corrected chi connectivity index (χ4v) is 1.05. The molecule has 0 aromatic carbocycles. The number of aliphatic hydroxyl groups excluding tert-OH is 1. The van der Waals surface area contributed by atoms with E-state index < -0.39 is 0 Å². The van der Waals surface area contributed by atoms with E-state index in [-0.39, 0.29) is 11.6 Å². The highest BCUT2D eigenvalue weighted by Crippen LogP contribution is 2.05. The van der Waals surface area contributed by atoms with Crippen LogP contribution in [0.5, 0.6) is 0 Å². The molecule has 0 amide bonds. The molecule has 0 aromatic rings. The minimum atomic E-state index is -0.204. The second kappa shape index (κ2) is 4.83. The summed E-state index contributed by atoms with van der Waals surface area (Å²) in [6.45, 7) is 11.3. The maximum atomic E-state index is 9.52. The quantitative estimate of drug-likeness (QED) is 0.679. The fourth-order valence-electron chi connectivity index (χ4n) is 1.05. The van der Waals surface area contributed by atoms with E-state index in [9.17, 15) is 5.11 Å². The fraction of sp³-hybridized carbons (Fsp3) is 1.00. The second-order valence-corrected chi connectivity index (χ2v) is 4.91. The third-order valence-electron chi connectivity index (χ3n) is 1.61. The molecule has 0 radical (unpaired) electrons.